The van der Waals surface area contributed by atoms with Gasteiger partial charge < -0.3 is 18.9 Å². The average molecular weight is 791 g/mol. The van der Waals surface area contributed by atoms with Crippen molar-refractivity contribution in [2.75, 3.05) is 27.4 Å². The number of hydrazine groups is 2. The van der Waals surface area contributed by atoms with Crippen molar-refractivity contribution in [2.45, 2.75) is 83.6 Å². The minimum Gasteiger partial charge on any atom is -0.497 e. The van der Waals surface area contributed by atoms with Crippen LogP contribution >= 0.6 is 7.75 Å². The van der Waals surface area contributed by atoms with Crippen LogP contribution in [0.3, 0.4) is 0 Å². The number of rotatable bonds is 19. The molecule has 0 aliphatic carbocycles. The van der Waals surface area contributed by atoms with Gasteiger partial charge in [-0.05, 0) is 75.6 Å². The number of nitrogens with one attached hydrogen (secondary N) is 3. The smallest absolute Gasteiger partial charge is 0.436 e. The molecule has 300 valence electrons. The van der Waals surface area contributed by atoms with Crippen molar-refractivity contribution in [3.63, 3.8) is 0 Å². The summed E-state index contributed by atoms with van der Waals surface area (Å²) in [6.07, 6.45) is -1.52. The number of ether oxygens (including phenoxy) is 4. The third-order valence-electron chi connectivity index (χ3n) is 9.02. The van der Waals surface area contributed by atoms with Gasteiger partial charge in [0.2, 0.25) is 0 Å². The molecule has 0 bridgehead atoms. The Balaban J connectivity index is 1.63. The number of methoxy groups -OCH3 is 2. The fourth-order valence-corrected chi connectivity index (χ4v) is 8.30. The molecule has 1 fully saturated rings. The summed E-state index contributed by atoms with van der Waals surface area (Å²) in [4.78, 5) is 29.1. The van der Waals surface area contributed by atoms with Crippen LogP contribution in [0.5, 0.6) is 11.5 Å². The molecule has 3 aromatic carbocycles. The summed E-state index contributed by atoms with van der Waals surface area (Å²) < 4.78 is 53.4. The molecule has 3 N–H and O–H groups in total. The molecular formula is C40H51N6O9P. The number of H-pyrrole nitrogens is 1. The van der Waals surface area contributed by atoms with Crippen molar-refractivity contribution < 1.29 is 32.6 Å². The predicted molar refractivity (Wildman–Crippen MR) is 210 cm³/mol. The van der Waals surface area contributed by atoms with E-state index < -0.39 is 43.0 Å². The van der Waals surface area contributed by atoms with Gasteiger partial charge in [-0.1, -0.05) is 59.5 Å². The third kappa shape index (κ3) is 9.84. The second-order valence-electron chi connectivity index (χ2n) is 13.9. The zero-order chi connectivity index (χ0) is 40.5. The van der Waals surface area contributed by atoms with Crippen LogP contribution in [0.2, 0.25) is 0 Å². The number of hydrogen-bond donors (Lipinski definition) is 3. The topological polar surface area (TPSA) is 178 Å². The van der Waals surface area contributed by atoms with Crippen molar-refractivity contribution >= 4 is 7.75 Å². The molecular weight excluding hydrogens is 739 g/mol. The lowest BCUT2D eigenvalue weighted by Gasteiger charge is -2.38. The SMILES string of the molecule is COc1ccc(C(OC[C@H]2O[C@@H](n3cc(C)c(=O)[nH]c3=O)C[C@@H]2OP(=O)(OCCC#N)N(NC(C)C)NC(C)C)(c2ccccc2)c2ccc(OC)cc2)cc1. The number of benzene rings is 3. The Morgan fingerprint density at radius 1 is 0.929 bits per heavy atom. The molecule has 1 aliphatic rings. The van der Waals surface area contributed by atoms with E-state index in [-0.39, 0.29) is 38.1 Å². The molecule has 0 radical (unpaired) electrons. The van der Waals surface area contributed by atoms with E-state index in [1.54, 1.807) is 21.1 Å². The van der Waals surface area contributed by atoms with Crippen molar-refractivity contribution in [3.05, 3.63) is 128 Å². The fourth-order valence-electron chi connectivity index (χ4n) is 6.39. The average Bonchev–Trinajstić information content (AvgIpc) is 3.58. The number of nitriles is 1. The molecule has 56 heavy (non-hydrogen) atoms. The molecule has 5 rings (SSSR count). The van der Waals surface area contributed by atoms with Crippen LogP contribution in [0.15, 0.2) is 94.6 Å². The van der Waals surface area contributed by atoms with Gasteiger partial charge in [-0.3, -0.25) is 23.4 Å². The van der Waals surface area contributed by atoms with Crippen molar-refractivity contribution in [3.8, 4) is 17.6 Å². The van der Waals surface area contributed by atoms with Gasteiger partial charge in [0, 0.05) is 30.3 Å². The Hall–Kier alpha value is -4.62. The van der Waals surface area contributed by atoms with Crippen molar-refractivity contribution in [1.29, 1.82) is 5.26 Å². The van der Waals surface area contributed by atoms with Gasteiger partial charge in [0.25, 0.3) is 5.56 Å². The Kier molecular flexibility index (Phi) is 14.4. The first kappa shape index (κ1) is 42.5. The van der Waals surface area contributed by atoms with Crippen molar-refractivity contribution in [1.82, 2.24) is 25.3 Å². The summed E-state index contributed by atoms with van der Waals surface area (Å²) in [6, 6.07) is 26.4. The summed E-state index contributed by atoms with van der Waals surface area (Å²) in [5.41, 5.74) is 6.42. The fraction of sp³-hybridized carbons (Fsp3) is 0.425. The first-order valence-electron chi connectivity index (χ1n) is 18.4. The third-order valence-corrected chi connectivity index (χ3v) is 10.8. The minimum absolute atomic E-state index is 0.0195. The normalized spacial score (nSPS) is 18.3. The Morgan fingerprint density at radius 3 is 2.00 bits per heavy atom. The van der Waals surface area contributed by atoms with E-state index in [4.69, 9.17) is 28.0 Å². The number of aryl methyl sites for hydroxylation is 1. The molecule has 2 heterocycles. The Morgan fingerprint density at radius 2 is 1.48 bits per heavy atom. The number of aromatic amines is 1. The molecule has 4 aromatic rings. The molecule has 1 aromatic heterocycles. The van der Waals surface area contributed by atoms with Gasteiger partial charge >= 0.3 is 13.4 Å². The van der Waals surface area contributed by atoms with Gasteiger partial charge in [-0.25, -0.2) is 20.2 Å². The van der Waals surface area contributed by atoms with Crippen LogP contribution in [0.25, 0.3) is 0 Å². The highest BCUT2D eigenvalue weighted by Gasteiger charge is 2.47. The van der Waals surface area contributed by atoms with Crippen LogP contribution in [0.4, 0.5) is 0 Å². The van der Waals surface area contributed by atoms with E-state index in [1.165, 1.54) is 15.7 Å². The number of aromatic nitrogens is 2. The molecule has 0 saturated carbocycles. The summed E-state index contributed by atoms with van der Waals surface area (Å²) in [5, 5.41) is 9.32. The van der Waals surface area contributed by atoms with Gasteiger partial charge in [0.1, 0.15) is 35.5 Å². The Labute approximate surface area is 327 Å². The first-order chi connectivity index (χ1) is 26.8. The molecule has 0 amide bonds. The highest BCUT2D eigenvalue weighted by atomic mass is 31.2. The summed E-state index contributed by atoms with van der Waals surface area (Å²) in [6.45, 7) is 8.73. The van der Waals surface area contributed by atoms with Gasteiger partial charge in [0.05, 0.1) is 39.9 Å². The monoisotopic (exact) mass is 790 g/mol. The van der Waals surface area contributed by atoms with E-state index in [0.29, 0.717) is 17.1 Å². The maximum atomic E-state index is 15.0. The van der Waals surface area contributed by atoms with E-state index in [1.807, 2.05) is 113 Å². The lowest BCUT2D eigenvalue weighted by Crippen LogP contribution is -2.52. The van der Waals surface area contributed by atoms with E-state index in [0.717, 1.165) is 16.7 Å². The quantitative estimate of drug-likeness (QED) is 0.0456. The van der Waals surface area contributed by atoms with E-state index in [2.05, 4.69) is 15.8 Å². The largest absolute Gasteiger partial charge is 0.497 e. The maximum Gasteiger partial charge on any atom is 0.436 e. The predicted octanol–water partition coefficient (Wildman–Crippen LogP) is 5.71. The summed E-state index contributed by atoms with van der Waals surface area (Å²) >= 11 is 0. The second-order valence-corrected chi connectivity index (χ2v) is 15.7. The van der Waals surface area contributed by atoms with E-state index >= 15 is 0 Å². The van der Waals surface area contributed by atoms with Crippen LogP contribution in [-0.4, -0.2) is 66.2 Å². The molecule has 1 saturated heterocycles. The van der Waals surface area contributed by atoms with Crippen molar-refractivity contribution in [2.24, 2.45) is 0 Å². The van der Waals surface area contributed by atoms with Crippen LogP contribution in [-0.2, 0) is 28.7 Å². The lowest BCUT2D eigenvalue weighted by molar-refractivity contribution is -0.0943. The molecule has 15 nitrogen and oxygen atoms in total. The molecule has 16 heteroatoms. The van der Waals surface area contributed by atoms with Crippen LogP contribution in [0, 0.1) is 18.3 Å². The molecule has 0 spiro atoms. The maximum absolute atomic E-state index is 15.0. The second kappa shape index (κ2) is 19.0. The molecule has 4 atom stereocenters. The van der Waals surface area contributed by atoms with Gasteiger partial charge in [-0.15, -0.1) is 0 Å². The summed E-state index contributed by atoms with van der Waals surface area (Å²) in [5.74, 6) is 1.31. The number of nitrogens with zero attached hydrogens (tertiary/aromatic N) is 3. The van der Waals surface area contributed by atoms with Crippen LogP contribution in [0.1, 0.15) is 69.0 Å². The zero-order valence-electron chi connectivity index (χ0n) is 32.8. The van der Waals surface area contributed by atoms with Gasteiger partial charge in [-0.2, -0.15) is 5.26 Å². The molecule has 1 unspecified atom stereocenters. The Bertz CT molecular complexity index is 2030. The first-order valence-corrected chi connectivity index (χ1v) is 19.9. The standard InChI is InChI=1S/C40H51N6O9P/c1-27(2)43-46(44-28(3)4)56(49,53-23-11-22-41)55-35-24-37(45-25-29(5)38(47)42-39(45)48)54-36(35)26-52-40(30-12-9-8-10-13-30,31-14-18-33(50-6)19-15-31)32-16-20-34(51-7)21-17-32/h8-10,12-21,25,27-28,35-37,43-44H,11,23-24,26H2,1-7H3,(H,42,47,48)/t35-,36+,37+,56?/m0/s1. The van der Waals surface area contributed by atoms with Crippen LogP contribution < -0.4 is 31.6 Å². The number of hydrogen-bond acceptors (Lipinski definition) is 12. The summed E-state index contributed by atoms with van der Waals surface area (Å²) in [7, 11) is -1.11. The zero-order valence-corrected chi connectivity index (χ0v) is 33.7. The minimum atomic E-state index is -4.31. The molecule has 1 aliphatic heterocycles. The van der Waals surface area contributed by atoms with Gasteiger partial charge in [0.15, 0.2) is 0 Å². The van der Waals surface area contributed by atoms with E-state index in [9.17, 15) is 19.4 Å². The lowest BCUT2D eigenvalue weighted by atomic mass is 9.80. The highest BCUT2D eigenvalue weighted by molar-refractivity contribution is 7.51. The highest BCUT2D eigenvalue weighted by Crippen LogP contribution is 2.54.